The maximum atomic E-state index is 2.78. The molecule has 3 aliphatic rings. The van der Waals surface area contributed by atoms with Gasteiger partial charge in [0.1, 0.15) is 0 Å². The first-order chi connectivity index (χ1) is 11.7. The van der Waals surface area contributed by atoms with E-state index < -0.39 is 0 Å². The number of nitrogens with zero attached hydrogens (tertiary/aromatic N) is 3. The first-order valence-electron chi connectivity index (χ1n) is 9.92. The smallest absolute Gasteiger partial charge is 0.0237 e. The van der Waals surface area contributed by atoms with Gasteiger partial charge in [-0.05, 0) is 62.4 Å². The highest BCUT2D eigenvalue weighted by Gasteiger charge is 2.27. The molecular weight excluding hydrogens is 294 g/mol. The van der Waals surface area contributed by atoms with E-state index in [1.807, 2.05) is 0 Å². The van der Waals surface area contributed by atoms with Crippen LogP contribution in [0.25, 0.3) is 0 Å². The van der Waals surface area contributed by atoms with Gasteiger partial charge in [0.2, 0.25) is 0 Å². The summed E-state index contributed by atoms with van der Waals surface area (Å²) in [4.78, 5) is 7.67. The lowest BCUT2D eigenvalue weighted by molar-refractivity contribution is 0.103. The Morgan fingerprint density at radius 3 is 2.42 bits per heavy atom. The van der Waals surface area contributed by atoms with Crippen LogP contribution in [0, 0.1) is 0 Å². The van der Waals surface area contributed by atoms with Crippen molar-refractivity contribution in [2.45, 2.75) is 57.2 Å². The molecule has 1 aliphatic carbocycles. The molecule has 2 fully saturated rings. The van der Waals surface area contributed by atoms with E-state index in [0.717, 1.165) is 25.0 Å². The second-order valence-corrected chi connectivity index (χ2v) is 8.40. The Bertz CT molecular complexity index is 562. The van der Waals surface area contributed by atoms with Crippen LogP contribution < -0.4 is 0 Å². The van der Waals surface area contributed by atoms with Crippen molar-refractivity contribution in [1.29, 1.82) is 0 Å². The number of hydrogen-bond acceptors (Lipinski definition) is 3. The molecule has 2 aliphatic heterocycles. The molecule has 2 atom stereocenters. The van der Waals surface area contributed by atoms with E-state index in [4.69, 9.17) is 0 Å². The van der Waals surface area contributed by atoms with Gasteiger partial charge in [0, 0.05) is 45.3 Å². The number of rotatable bonds is 2. The van der Waals surface area contributed by atoms with Gasteiger partial charge < -0.3 is 4.90 Å². The normalized spacial score (nSPS) is 30.2. The monoisotopic (exact) mass is 327 g/mol. The maximum Gasteiger partial charge on any atom is 0.0237 e. The molecule has 0 N–H and O–H groups in total. The molecule has 132 valence electrons. The minimum absolute atomic E-state index is 0.790. The van der Waals surface area contributed by atoms with Crippen LogP contribution in [0.1, 0.15) is 54.7 Å². The molecule has 2 unspecified atom stereocenters. The minimum Gasteiger partial charge on any atom is -0.304 e. The van der Waals surface area contributed by atoms with Crippen LogP contribution in [0.15, 0.2) is 18.2 Å². The fourth-order valence-electron chi connectivity index (χ4n) is 5.01. The van der Waals surface area contributed by atoms with Gasteiger partial charge in [-0.25, -0.2) is 0 Å². The summed E-state index contributed by atoms with van der Waals surface area (Å²) in [6.07, 6.45) is 6.97. The number of hydrogen-bond donors (Lipinski definition) is 0. The predicted octanol–water partition coefficient (Wildman–Crippen LogP) is 3.30. The first kappa shape index (κ1) is 16.6. The van der Waals surface area contributed by atoms with E-state index in [0.29, 0.717) is 0 Å². The predicted molar refractivity (Wildman–Crippen MR) is 100 cm³/mol. The van der Waals surface area contributed by atoms with Gasteiger partial charge in [0.15, 0.2) is 0 Å². The maximum absolute atomic E-state index is 2.78. The summed E-state index contributed by atoms with van der Waals surface area (Å²) in [5.41, 5.74) is 4.74. The number of piperazine rings is 1. The molecule has 0 radical (unpaired) electrons. The third kappa shape index (κ3) is 3.54. The zero-order chi connectivity index (χ0) is 16.5. The third-order valence-electron chi connectivity index (χ3n) is 6.57. The number of likely N-dealkylation sites (N-methyl/N-ethyl adjacent to an activating group) is 1. The SMILES string of the molecule is CN1CCN(C2CCCC(c3ccc4c(c3)CN(C)C4)CC2)CC1. The average Bonchev–Trinajstić information content (AvgIpc) is 2.79. The van der Waals surface area contributed by atoms with Gasteiger partial charge in [-0.2, -0.15) is 0 Å². The fourth-order valence-corrected chi connectivity index (χ4v) is 5.01. The van der Waals surface area contributed by atoms with Gasteiger partial charge in [-0.3, -0.25) is 9.80 Å². The Kier molecular flexibility index (Phi) is 4.93. The molecule has 0 spiro atoms. The highest BCUT2D eigenvalue weighted by atomic mass is 15.3. The van der Waals surface area contributed by atoms with E-state index >= 15 is 0 Å². The minimum atomic E-state index is 0.790. The molecule has 0 aromatic heterocycles. The van der Waals surface area contributed by atoms with Crippen molar-refractivity contribution in [1.82, 2.24) is 14.7 Å². The van der Waals surface area contributed by atoms with Crippen molar-refractivity contribution < 1.29 is 0 Å². The van der Waals surface area contributed by atoms with E-state index in [1.54, 1.807) is 16.7 Å². The van der Waals surface area contributed by atoms with E-state index in [-0.39, 0.29) is 0 Å². The van der Waals surface area contributed by atoms with Crippen LogP contribution >= 0.6 is 0 Å². The Hall–Kier alpha value is -0.900. The largest absolute Gasteiger partial charge is 0.304 e. The lowest BCUT2D eigenvalue weighted by atomic mass is 9.90. The van der Waals surface area contributed by atoms with Crippen molar-refractivity contribution in [2.24, 2.45) is 0 Å². The third-order valence-corrected chi connectivity index (χ3v) is 6.57. The molecule has 1 saturated carbocycles. The topological polar surface area (TPSA) is 9.72 Å². The Morgan fingerprint density at radius 2 is 1.58 bits per heavy atom. The molecule has 0 bridgehead atoms. The Balaban J connectivity index is 1.39. The molecule has 2 heterocycles. The average molecular weight is 328 g/mol. The summed E-state index contributed by atoms with van der Waals surface area (Å²) in [6.45, 7) is 7.32. The summed E-state index contributed by atoms with van der Waals surface area (Å²) in [5, 5.41) is 0. The van der Waals surface area contributed by atoms with Crippen LogP contribution in [0.4, 0.5) is 0 Å². The van der Waals surface area contributed by atoms with Crippen LogP contribution in [0.5, 0.6) is 0 Å². The van der Waals surface area contributed by atoms with E-state index in [1.165, 1.54) is 58.3 Å². The van der Waals surface area contributed by atoms with Crippen molar-refractivity contribution >= 4 is 0 Å². The van der Waals surface area contributed by atoms with Crippen molar-refractivity contribution in [3.8, 4) is 0 Å². The first-order valence-corrected chi connectivity index (χ1v) is 9.92. The van der Waals surface area contributed by atoms with Gasteiger partial charge in [-0.1, -0.05) is 24.6 Å². The second-order valence-electron chi connectivity index (χ2n) is 8.40. The van der Waals surface area contributed by atoms with Crippen LogP contribution in [-0.2, 0) is 13.1 Å². The molecule has 1 aromatic rings. The summed E-state index contributed by atoms with van der Waals surface area (Å²) >= 11 is 0. The molecule has 4 rings (SSSR count). The number of fused-ring (bicyclic) bond motifs is 1. The molecule has 3 heteroatoms. The van der Waals surface area contributed by atoms with Gasteiger partial charge in [0.05, 0.1) is 0 Å². The zero-order valence-corrected chi connectivity index (χ0v) is 15.5. The van der Waals surface area contributed by atoms with Gasteiger partial charge in [0.25, 0.3) is 0 Å². The molecule has 0 amide bonds. The van der Waals surface area contributed by atoms with Crippen molar-refractivity contribution in [3.63, 3.8) is 0 Å². The highest BCUT2D eigenvalue weighted by molar-refractivity contribution is 5.36. The van der Waals surface area contributed by atoms with Gasteiger partial charge in [-0.15, -0.1) is 0 Å². The van der Waals surface area contributed by atoms with Crippen LogP contribution in [0.2, 0.25) is 0 Å². The van der Waals surface area contributed by atoms with Crippen molar-refractivity contribution in [2.75, 3.05) is 40.3 Å². The van der Waals surface area contributed by atoms with Crippen LogP contribution in [-0.4, -0.2) is 61.0 Å². The molecule has 1 aromatic carbocycles. The van der Waals surface area contributed by atoms with E-state index in [2.05, 4.69) is 47.0 Å². The fraction of sp³-hybridized carbons (Fsp3) is 0.714. The zero-order valence-electron chi connectivity index (χ0n) is 15.5. The van der Waals surface area contributed by atoms with Crippen molar-refractivity contribution in [3.05, 3.63) is 34.9 Å². The molecule has 24 heavy (non-hydrogen) atoms. The second kappa shape index (κ2) is 7.15. The lowest BCUT2D eigenvalue weighted by Gasteiger charge is -2.37. The molecule has 1 saturated heterocycles. The Labute approximate surface area is 147 Å². The summed E-state index contributed by atoms with van der Waals surface area (Å²) in [6, 6.07) is 8.19. The lowest BCUT2D eigenvalue weighted by Crippen LogP contribution is -2.48. The highest BCUT2D eigenvalue weighted by Crippen LogP contribution is 2.35. The number of benzene rings is 1. The summed E-state index contributed by atoms with van der Waals surface area (Å²) < 4.78 is 0. The summed E-state index contributed by atoms with van der Waals surface area (Å²) in [5.74, 6) is 0.790. The summed E-state index contributed by atoms with van der Waals surface area (Å²) in [7, 11) is 4.48. The van der Waals surface area contributed by atoms with Gasteiger partial charge >= 0.3 is 0 Å². The Morgan fingerprint density at radius 1 is 0.792 bits per heavy atom. The molecular formula is C21H33N3. The molecule has 3 nitrogen and oxygen atoms in total. The standard InChI is InChI=1S/C21H33N3/c1-22-10-12-24(13-11-22)21-5-3-4-17(8-9-21)18-6-7-19-15-23(2)16-20(19)14-18/h6-7,14,17,21H,3-5,8-13,15-16H2,1-2H3. The van der Waals surface area contributed by atoms with Crippen LogP contribution in [0.3, 0.4) is 0 Å². The quantitative estimate of drug-likeness (QED) is 0.772. The van der Waals surface area contributed by atoms with E-state index in [9.17, 15) is 0 Å².